The van der Waals surface area contributed by atoms with Crippen LogP contribution < -0.4 is 9.47 Å². The molecule has 0 unspecified atom stereocenters. The topological polar surface area (TPSA) is 131 Å². The van der Waals surface area contributed by atoms with E-state index in [9.17, 15) is 8.42 Å². The van der Waals surface area contributed by atoms with Crippen molar-refractivity contribution in [3.05, 3.63) is 71.8 Å². The first kappa shape index (κ1) is 27.4. The first-order valence-electron chi connectivity index (χ1n) is 11.7. The number of ether oxygens (including phenoxy) is 3. The molecule has 3 aromatic heterocycles. The van der Waals surface area contributed by atoms with E-state index in [1.165, 1.54) is 26.6 Å². The van der Waals surface area contributed by atoms with E-state index < -0.39 is 26.9 Å². The maximum Gasteiger partial charge on any atom is 0.170 e. The second kappa shape index (κ2) is 11.8. The van der Waals surface area contributed by atoms with Crippen LogP contribution >= 0.6 is 11.6 Å². The highest BCUT2D eigenvalue weighted by Crippen LogP contribution is 2.37. The van der Waals surface area contributed by atoms with E-state index in [2.05, 4.69) is 25.1 Å². The summed E-state index contributed by atoms with van der Waals surface area (Å²) in [6.07, 6.45) is 5.14. The van der Waals surface area contributed by atoms with Crippen LogP contribution in [0.5, 0.6) is 11.5 Å². The van der Waals surface area contributed by atoms with Crippen LogP contribution in [0.25, 0.3) is 17.1 Å². The van der Waals surface area contributed by atoms with Gasteiger partial charge in [0.1, 0.15) is 29.0 Å². The number of hydrogen-bond donors (Lipinski definition) is 0. The first-order valence-corrected chi connectivity index (χ1v) is 13.8. The number of sulfone groups is 1. The van der Waals surface area contributed by atoms with Crippen LogP contribution in [0.3, 0.4) is 0 Å². The van der Waals surface area contributed by atoms with Gasteiger partial charge in [-0.25, -0.2) is 18.4 Å². The molecule has 0 aliphatic rings. The summed E-state index contributed by atoms with van der Waals surface area (Å²) < 4.78 is 46.2. The third kappa shape index (κ3) is 5.62. The molecule has 11 nitrogen and oxygen atoms in total. The molecule has 0 spiro atoms. The monoisotopic (exact) mass is 558 g/mol. The Morgan fingerprint density at radius 3 is 2.26 bits per heavy atom. The molecule has 0 aliphatic heterocycles. The minimum atomic E-state index is -3.89. The number of pyridine rings is 1. The molecule has 1 aromatic carbocycles. The minimum Gasteiger partial charge on any atom is -0.494 e. The second-order valence-electron chi connectivity index (χ2n) is 8.18. The van der Waals surface area contributed by atoms with Gasteiger partial charge in [-0.2, -0.15) is 0 Å². The van der Waals surface area contributed by atoms with Gasteiger partial charge >= 0.3 is 0 Å². The molecule has 0 N–H and O–H groups in total. The SMILES string of the molecule is CCO[C@@H](c1ncc(Cl)cn1)[C@H](C)S(=O)(=O)Cc1nnc(-c2cccnc2)n1-c1c(OC)cccc1OC. The minimum absolute atomic E-state index is 0.158. The lowest BCUT2D eigenvalue weighted by Crippen LogP contribution is -2.30. The average Bonchev–Trinajstić information content (AvgIpc) is 3.34. The van der Waals surface area contributed by atoms with Crippen LogP contribution in [0.2, 0.25) is 5.02 Å². The summed E-state index contributed by atoms with van der Waals surface area (Å²) in [5.74, 6) is 1.19. The van der Waals surface area contributed by atoms with Crippen molar-refractivity contribution < 1.29 is 22.6 Å². The van der Waals surface area contributed by atoms with Crippen LogP contribution in [-0.4, -0.2) is 64.2 Å². The molecular weight excluding hydrogens is 532 g/mol. The number of rotatable bonds is 11. The highest BCUT2D eigenvalue weighted by molar-refractivity contribution is 7.91. The van der Waals surface area contributed by atoms with E-state index in [1.54, 1.807) is 61.1 Å². The van der Waals surface area contributed by atoms with Crippen molar-refractivity contribution >= 4 is 21.4 Å². The average molecular weight is 559 g/mol. The smallest absolute Gasteiger partial charge is 0.170 e. The van der Waals surface area contributed by atoms with E-state index >= 15 is 0 Å². The Morgan fingerprint density at radius 1 is 1.00 bits per heavy atom. The standard InChI is InChI=1S/C25H27ClN6O5S/c1-5-37-23(24-28-13-18(26)14-29-24)16(2)38(33,34)15-21-30-31-25(17-8-7-11-27-12-17)32(21)22-19(35-3)9-6-10-20(22)36-4/h6-14,16,23H,5,15H2,1-4H3/t16-,23+/m0/s1. The molecular formula is C25H27ClN6O5S. The van der Waals surface area contributed by atoms with E-state index in [0.29, 0.717) is 33.6 Å². The van der Waals surface area contributed by atoms with Gasteiger partial charge in [0.05, 0.1) is 24.5 Å². The van der Waals surface area contributed by atoms with Gasteiger partial charge in [0, 0.05) is 37.0 Å². The highest BCUT2D eigenvalue weighted by Gasteiger charge is 2.35. The Labute approximate surface area is 225 Å². The van der Waals surface area contributed by atoms with Gasteiger partial charge < -0.3 is 14.2 Å². The predicted octanol–water partition coefficient (Wildman–Crippen LogP) is 3.87. The van der Waals surface area contributed by atoms with Gasteiger partial charge in [-0.15, -0.1) is 10.2 Å². The number of para-hydroxylation sites is 1. The lowest BCUT2D eigenvalue weighted by atomic mass is 10.2. The van der Waals surface area contributed by atoms with Gasteiger partial charge in [0.2, 0.25) is 0 Å². The summed E-state index contributed by atoms with van der Waals surface area (Å²) >= 11 is 5.92. The van der Waals surface area contributed by atoms with Crippen LogP contribution in [0, 0.1) is 0 Å². The molecule has 4 rings (SSSR count). The number of methoxy groups -OCH3 is 2. The number of halogens is 1. The first-order chi connectivity index (χ1) is 18.3. The van der Waals surface area contributed by atoms with Crippen molar-refractivity contribution in [2.75, 3.05) is 20.8 Å². The van der Waals surface area contributed by atoms with Crippen LogP contribution in [0.4, 0.5) is 0 Å². The molecule has 4 aromatic rings. The number of hydrogen-bond acceptors (Lipinski definition) is 10. The number of aromatic nitrogens is 6. The molecule has 0 fully saturated rings. The fourth-order valence-corrected chi connectivity index (χ4v) is 5.43. The van der Waals surface area contributed by atoms with E-state index in [-0.39, 0.29) is 18.3 Å². The quantitative estimate of drug-likeness (QED) is 0.267. The maximum absolute atomic E-state index is 13.8. The molecule has 0 saturated carbocycles. The predicted molar refractivity (Wildman–Crippen MR) is 141 cm³/mol. The molecule has 38 heavy (non-hydrogen) atoms. The lowest BCUT2D eigenvalue weighted by Gasteiger charge is -2.23. The van der Waals surface area contributed by atoms with Crippen molar-refractivity contribution in [3.8, 4) is 28.6 Å². The zero-order valence-corrected chi connectivity index (χ0v) is 22.8. The lowest BCUT2D eigenvalue weighted by molar-refractivity contribution is 0.0556. The van der Waals surface area contributed by atoms with Gasteiger partial charge in [0.25, 0.3) is 0 Å². The van der Waals surface area contributed by atoms with E-state index in [0.717, 1.165) is 0 Å². The van der Waals surface area contributed by atoms with Crippen LogP contribution in [0.1, 0.15) is 31.6 Å². The van der Waals surface area contributed by atoms with E-state index in [1.807, 2.05) is 0 Å². The molecule has 2 atom stereocenters. The third-order valence-corrected chi connectivity index (χ3v) is 8.08. The summed E-state index contributed by atoms with van der Waals surface area (Å²) in [5, 5.41) is 7.93. The molecule has 0 aliphatic carbocycles. The molecule has 200 valence electrons. The zero-order valence-electron chi connectivity index (χ0n) is 21.3. The molecule has 0 saturated heterocycles. The Kier molecular flexibility index (Phi) is 8.55. The van der Waals surface area contributed by atoms with Gasteiger partial charge in [-0.1, -0.05) is 17.7 Å². The van der Waals surface area contributed by atoms with Crippen LogP contribution in [0.15, 0.2) is 55.1 Å². The molecule has 3 heterocycles. The fraction of sp³-hybridized carbons (Fsp3) is 0.320. The van der Waals surface area contributed by atoms with Crippen LogP contribution in [-0.2, 0) is 20.3 Å². The Balaban J connectivity index is 1.83. The van der Waals surface area contributed by atoms with Gasteiger partial charge in [-0.3, -0.25) is 9.55 Å². The maximum atomic E-state index is 13.8. The number of nitrogens with zero attached hydrogens (tertiary/aromatic N) is 6. The van der Waals surface area contributed by atoms with Gasteiger partial charge in [0.15, 0.2) is 27.3 Å². The van der Waals surface area contributed by atoms with Crippen molar-refractivity contribution in [2.24, 2.45) is 0 Å². The largest absolute Gasteiger partial charge is 0.494 e. The zero-order chi connectivity index (χ0) is 27.3. The Hall–Kier alpha value is -3.61. The number of benzene rings is 1. The van der Waals surface area contributed by atoms with Crippen molar-refractivity contribution in [1.82, 2.24) is 29.7 Å². The summed E-state index contributed by atoms with van der Waals surface area (Å²) in [6, 6.07) is 8.82. The van der Waals surface area contributed by atoms with Gasteiger partial charge in [-0.05, 0) is 38.1 Å². The molecule has 0 bridgehead atoms. The molecule has 13 heteroatoms. The fourth-order valence-electron chi connectivity index (χ4n) is 3.95. The summed E-state index contributed by atoms with van der Waals surface area (Å²) in [6.45, 7) is 3.59. The Bertz CT molecular complexity index is 1460. The highest BCUT2D eigenvalue weighted by atomic mass is 35.5. The summed E-state index contributed by atoms with van der Waals surface area (Å²) in [7, 11) is -0.855. The van der Waals surface area contributed by atoms with E-state index in [4.69, 9.17) is 25.8 Å². The summed E-state index contributed by atoms with van der Waals surface area (Å²) in [5.41, 5.74) is 1.09. The molecule has 0 amide bonds. The normalized spacial score (nSPS) is 13.2. The Morgan fingerprint density at radius 2 is 1.68 bits per heavy atom. The molecule has 0 radical (unpaired) electrons. The summed E-state index contributed by atoms with van der Waals surface area (Å²) in [4.78, 5) is 12.5. The third-order valence-electron chi connectivity index (χ3n) is 5.84. The second-order valence-corrected chi connectivity index (χ2v) is 11.0. The van der Waals surface area contributed by atoms with Crippen molar-refractivity contribution in [1.29, 1.82) is 0 Å². The van der Waals surface area contributed by atoms with Crippen molar-refractivity contribution in [3.63, 3.8) is 0 Å². The van der Waals surface area contributed by atoms with Crippen molar-refractivity contribution in [2.45, 2.75) is 31.0 Å².